The van der Waals surface area contributed by atoms with Gasteiger partial charge in [-0.3, -0.25) is 19.1 Å². The number of allylic oxidation sites excluding steroid dienone is 1. The molecular formula is C25H42N4O7S. The summed E-state index contributed by atoms with van der Waals surface area (Å²) in [6.07, 6.45) is 8.68. The maximum absolute atomic E-state index is 13.3. The number of sulfonamides is 1. The van der Waals surface area contributed by atoms with E-state index in [9.17, 15) is 27.6 Å². The molecule has 37 heavy (non-hydrogen) atoms. The van der Waals surface area contributed by atoms with Gasteiger partial charge in [0, 0.05) is 20.0 Å². The summed E-state index contributed by atoms with van der Waals surface area (Å²) in [6, 6.07) is -1.34. The lowest BCUT2D eigenvalue weighted by molar-refractivity contribution is -0.140. The summed E-state index contributed by atoms with van der Waals surface area (Å²) in [5.74, 6) is -1.04. The molecule has 1 heterocycles. The zero-order valence-corrected chi connectivity index (χ0v) is 23.2. The third-order valence-corrected chi connectivity index (χ3v) is 7.99. The third kappa shape index (κ3) is 10.7. The number of alkyl carbamates (subject to hydrolysis) is 1. The number of nitrogens with zero attached hydrogens (tertiary/aromatic N) is 1. The third-order valence-electron chi connectivity index (χ3n) is 6.13. The Kier molecular flexibility index (Phi) is 11.4. The molecule has 0 aromatic heterocycles. The van der Waals surface area contributed by atoms with Crippen LogP contribution in [-0.2, 0) is 29.1 Å². The van der Waals surface area contributed by atoms with E-state index < -0.39 is 45.0 Å². The predicted octanol–water partition coefficient (Wildman–Crippen LogP) is 2.12. The number of likely N-dealkylation sites (tertiary alicyclic amines) is 1. The molecule has 11 nitrogen and oxygen atoms in total. The van der Waals surface area contributed by atoms with Gasteiger partial charge in [0.25, 0.3) is 0 Å². The van der Waals surface area contributed by atoms with Crippen molar-refractivity contribution >= 4 is 33.8 Å². The smallest absolute Gasteiger partial charge is 0.408 e. The first-order chi connectivity index (χ1) is 17.3. The molecule has 1 aliphatic carbocycles. The highest BCUT2D eigenvalue weighted by Crippen LogP contribution is 2.27. The zero-order valence-electron chi connectivity index (χ0n) is 22.4. The molecule has 3 N–H and O–H groups in total. The van der Waals surface area contributed by atoms with Crippen molar-refractivity contribution in [3.8, 4) is 0 Å². The van der Waals surface area contributed by atoms with Gasteiger partial charge in [0.05, 0.1) is 5.25 Å². The van der Waals surface area contributed by atoms with Crippen LogP contribution in [0.5, 0.6) is 0 Å². The molecule has 2 aliphatic rings. The highest BCUT2D eigenvalue weighted by molar-refractivity contribution is 7.90. The molecule has 2 fully saturated rings. The quantitative estimate of drug-likeness (QED) is 0.238. The largest absolute Gasteiger partial charge is 0.444 e. The molecule has 210 valence electrons. The fourth-order valence-corrected chi connectivity index (χ4v) is 5.46. The molecule has 0 radical (unpaired) electrons. The minimum atomic E-state index is -3.52. The van der Waals surface area contributed by atoms with Gasteiger partial charge in [0.1, 0.15) is 17.7 Å². The number of rotatable bonds is 13. The molecule has 2 rings (SSSR count). The van der Waals surface area contributed by atoms with Gasteiger partial charge in [-0.2, -0.15) is 0 Å². The van der Waals surface area contributed by atoms with Crippen LogP contribution in [0, 0.1) is 0 Å². The Morgan fingerprint density at radius 1 is 1.05 bits per heavy atom. The number of hydrogen-bond acceptors (Lipinski definition) is 7. The van der Waals surface area contributed by atoms with E-state index in [1.807, 2.05) is 6.08 Å². The highest BCUT2D eigenvalue weighted by Gasteiger charge is 2.38. The van der Waals surface area contributed by atoms with Gasteiger partial charge in [0.15, 0.2) is 0 Å². The van der Waals surface area contributed by atoms with Crippen molar-refractivity contribution in [2.24, 2.45) is 0 Å². The van der Waals surface area contributed by atoms with E-state index in [0.29, 0.717) is 45.1 Å². The summed E-state index contributed by atoms with van der Waals surface area (Å²) in [6.45, 7) is 5.70. The van der Waals surface area contributed by atoms with Gasteiger partial charge in [-0.15, -0.1) is 0 Å². The number of nitrogens with one attached hydrogen (secondary N) is 3. The van der Waals surface area contributed by atoms with E-state index in [4.69, 9.17) is 4.74 Å². The minimum absolute atomic E-state index is 0.00464. The Morgan fingerprint density at radius 3 is 2.38 bits per heavy atom. The average Bonchev–Trinajstić information content (AvgIpc) is 3.55. The first-order valence-electron chi connectivity index (χ1n) is 13.0. The van der Waals surface area contributed by atoms with E-state index in [0.717, 1.165) is 19.3 Å². The second-order valence-electron chi connectivity index (χ2n) is 10.6. The number of carbonyl (C=O) groups excluding carboxylic acids is 4. The number of amides is 4. The average molecular weight is 543 g/mol. The second kappa shape index (κ2) is 13.8. The van der Waals surface area contributed by atoms with Crippen LogP contribution in [-0.4, -0.2) is 73.7 Å². The van der Waals surface area contributed by atoms with Gasteiger partial charge in [-0.25, -0.2) is 13.2 Å². The van der Waals surface area contributed by atoms with E-state index in [1.54, 1.807) is 26.8 Å². The molecule has 0 spiro atoms. The van der Waals surface area contributed by atoms with Crippen molar-refractivity contribution in [1.29, 1.82) is 0 Å². The first kappa shape index (κ1) is 30.6. The second-order valence-corrected chi connectivity index (χ2v) is 12.5. The maximum atomic E-state index is 13.3. The molecule has 2 atom stereocenters. The van der Waals surface area contributed by atoms with Gasteiger partial charge in [-0.1, -0.05) is 25.0 Å². The molecule has 0 unspecified atom stereocenters. The van der Waals surface area contributed by atoms with Crippen LogP contribution in [0.4, 0.5) is 4.79 Å². The van der Waals surface area contributed by atoms with E-state index >= 15 is 0 Å². The lowest BCUT2D eigenvalue weighted by atomic mass is 10.0. The molecule has 0 bridgehead atoms. The zero-order chi connectivity index (χ0) is 27.6. The Labute approximate surface area is 220 Å². The van der Waals surface area contributed by atoms with Crippen molar-refractivity contribution in [1.82, 2.24) is 20.3 Å². The normalized spacial score (nSPS) is 18.9. The maximum Gasteiger partial charge on any atom is 0.408 e. The van der Waals surface area contributed by atoms with E-state index in [2.05, 4.69) is 15.4 Å². The Hall–Kier alpha value is -2.63. The first-order valence-corrected chi connectivity index (χ1v) is 14.6. The molecule has 0 aromatic rings. The fourth-order valence-electron chi connectivity index (χ4n) is 4.13. The Bertz CT molecular complexity index is 955. The van der Waals surface area contributed by atoms with Gasteiger partial charge in [-0.05, 0) is 65.7 Å². The fraction of sp³-hybridized carbons (Fsp3) is 0.760. The van der Waals surface area contributed by atoms with Crippen LogP contribution in [0.25, 0.3) is 0 Å². The van der Waals surface area contributed by atoms with Gasteiger partial charge >= 0.3 is 6.09 Å². The van der Waals surface area contributed by atoms with Crippen LogP contribution in [0.15, 0.2) is 12.2 Å². The standard InChI is InChI=1S/C25H42N4O7S/c1-25(2,3)36-24(33)27-19(23(32)29-17-11-13-20(29)22(31)26-4)12-9-7-5-6-8-10-14-21(30)28-37(34,35)18-15-16-18/h8,10,18-20H,5-7,9,11-17H2,1-4H3,(H,26,31)(H,27,33)(H,28,30)/b10-8-/t19-,20-/m0/s1. The summed E-state index contributed by atoms with van der Waals surface area (Å²) >= 11 is 0. The summed E-state index contributed by atoms with van der Waals surface area (Å²) < 4.78 is 31.0. The van der Waals surface area contributed by atoms with Crippen LogP contribution in [0.2, 0.25) is 0 Å². The van der Waals surface area contributed by atoms with Crippen LogP contribution < -0.4 is 15.4 Å². The summed E-state index contributed by atoms with van der Waals surface area (Å²) in [7, 11) is -1.98. The van der Waals surface area contributed by atoms with Crippen molar-refractivity contribution < 1.29 is 32.3 Å². The molecule has 4 amide bonds. The van der Waals surface area contributed by atoms with Crippen molar-refractivity contribution in [3.63, 3.8) is 0 Å². The van der Waals surface area contributed by atoms with Crippen LogP contribution in [0.1, 0.15) is 85.0 Å². The molecule has 1 saturated carbocycles. The molecule has 0 aromatic carbocycles. The summed E-state index contributed by atoms with van der Waals surface area (Å²) in [4.78, 5) is 51.2. The van der Waals surface area contributed by atoms with Gasteiger partial charge in [0.2, 0.25) is 27.7 Å². The molecule has 1 saturated heterocycles. The summed E-state index contributed by atoms with van der Waals surface area (Å²) in [5.41, 5.74) is -0.707. The van der Waals surface area contributed by atoms with E-state index in [1.165, 1.54) is 11.9 Å². The van der Waals surface area contributed by atoms with Crippen molar-refractivity contribution in [3.05, 3.63) is 12.2 Å². The highest BCUT2D eigenvalue weighted by atomic mass is 32.2. The number of carbonyl (C=O) groups is 4. The number of unbranched alkanes of at least 4 members (excludes halogenated alkanes) is 3. The predicted molar refractivity (Wildman–Crippen MR) is 139 cm³/mol. The molecular weight excluding hydrogens is 500 g/mol. The minimum Gasteiger partial charge on any atom is -0.444 e. The van der Waals surface area contributed by atoms with E-state index in [-0.39, 0.29) is 18.2 Å². The lowest BCUT2D eigenvalue weighted by Gasteiger charge is -2.29. The topological polar surface area (TPSA) is 151 Å². The summed E-state index contributed by atoms with van der Waals surface area (Å²) in [5, 5.41) is 4.86. The van der Waals surface area contributed by atoms with Crippen LogP contribution >= 0.6 is 0 Å². The van der Waals surface area contributed by atoms with Gasteiger partial charge < -0.3 is 20.3 Å². The number of hydrogen-bond donors (Lipinski definition) is 3. The Morgan fingerprint density at radius 2 is 1.76 bits per heavy atom. The monoisotopic (exact) mass is 542 g/mol. The molecule has 1 aliphatic heterocycles. The SMILES string of the molecule is CNC(=O)[C@@H]1CCCN1C(=O)[C@H](CCCCC/C=C\CC(=O)NS(=O)(=O)C1CC1)NC(=O)OC(C)(C)C. The number of ether oxygens (including phenoxy) is 1. The lowest BCUT2D eigenvalue weighted by Crippen LogP contribution is -2.53. The van der Waals surface area contributed by atoms with Crippen LogP contribution in [0.3, 0.4) is 0 Å². The van der Waals surface area contributed by atoms with Crippen molar-refractivity contribution in [2.45, 2.75) is 108 Å². The van der Waals surface area contributed by atoms with Crippen molar-refractivity contribution in [2.75, 3.05) is 13.6 Å². The Balaban J connectivity index is 1.80. The molecule has 12 heteroatoms. The number of likely N-dealkylation sites (N-methyl/N-ethyl adjacent to an activating group) is 1.